The molecular formula is C18H17F2NO3S. The average molecular weight is 365 g/mol. The zero-order chi connectivity index (χ0) is 18.4. The van der Waals surface area contributed by atoms with E-state index < -0.39 is 6.61 Å². The molecule has 0 saturated heterocycles. The van der Waals surface area contributed by atoms with Crippen LogP contribution >= 0.6 is 11.8 Å². The standard InChI is InChI=1S/C18H17F2NO3S/c1-11(25-16-9-5-14(6-10-16)21-12(2)22)17(23)13-3-7-15(8-4-13)24-18(19)20/h3-11,18H,1-2H3,(H,21,22)/t11-/m0/s1. The number of nitrogens with one attached hydrogen (secondary N) is 1. The fourth-order valence-corrected chi connectivity index (χ4v) is 3.06. The minimum atomic E-state index is -2.89. The summed E-state index contributed by atoms with van der Waals surface area (Å²) in [6, 6.07) is 12.8. The smallest absolute Gasteiger partial charge is 0.387 e. The van der Waals surface area contributed by atoms with Gasteiger partial charge in [-0.3, -0.25) is 9.59 Å². The first-order valence-electron chi connectivity index (χ1n) is 7.48. The molecule has 0 fully saturated rings. The molecule has 2 aromatic rings. The van der Waals surface area contributed by atoms with E-state index in [-0.39, 0.29) is 22.7 Å². The van der Waals surface area contributed by atoms with E-state index in [0.717, 1.165) is 4.90 Å². The summed E-state index contributed by atoms with van der Waals surface area (Å²) < 4.78 is 28.5. The van der Waals surface area contributed by atoms with E-state index in [9.17, 15) is 18.4 Å². The maximum Gasteiger partial charge on any atom is 0.387 e. The number of ether oxygens (including phenoxy) is 1. The summed E-state index contributed by atoms with van der Waals surface area (Å²) in [5.74, 6) is -0.247. The Bertz CT molecular complexity index is 733. The second-order valence-electron chi connectivity index (χ2n) is 5.23. The normalized spacial score (nSPS) is 11.9. The first-order chi connectivity index (χ1) is 11.8. The monoisotopic (exact) mass is 365 g/mol. The highest BCUT2D eigenvalue weighted by Crippen LogP contribution is 2.27. The lowest BCUT2D eigenvalue weighted by Crippen LogP contribution is -2.13. The highest BCUT2D eigenvalue weighted by Gasteiger charge is 2.17. The topological polar surface area (TPSA) is 55.4 Å². The van der Waals surface area contributed by atoms with Crippen LogP contribution in [0.3, 0.4) is 0 Å². The molecule has 0 unspecified atom stereocenters. The lowest BCUT2D eigenvalue weighted by atomic mass is 10.1. The van der Waals surface area contributed by atoms with Crippen LogP contribution in [0, 0.1) is 0 Å². The summed E-state index contributed by atoms with van der Waals surface area (Å²) >= 11 is 1.38. The fraction of sp³-hybridized carbons (Fsp3) is 0.222. The van der Waals surface area contributed by atoms with Gasteiger partial charge in [-0.05, 0) is 55.5 Å². The Morgan fingerprint density at radius 1 is 1.04 bits per heavy atom. The molecule has 2 aromatic carbocycles. The number of halogens is 2. The molecule has 0 aliphatic heterocycles. The lowest BCUT2D eigenvalue weighted by Gasteiger charge is -2.12. The van der Waals surface area contributed by atoms with Crippen molar-refractivity contribution in [2.24, 2.45) is 0 Å². The quantitative estimate of drug-likeness (QED) is 0.575. The number of amides is 1. The molecule has 0 saturated carbocycles. The molecule has 0 spiro atoms. The number of anilines is 1. The fourth-order valence-electron chi connectivity index (χ4n) is 2.11. The van der Waals surface area contributed by atoms with Crippen molar-refractivity contribution in [2.45, 2.75) is 30.6 Å². The van der Waals surface area contributed by atoms with Gasteiger partial charge in [-0.25, -0.2) is 0 Å². The predicted octanol–water partition coefficient (Wildman–Crippen LogP) is 4.61. The maximum absolute atomic E-state index is 12.4. The van der Waals surface area contributed by atoms with Crippen molar-refractivity contribution in [1.29, 1.82) is 0 Å². The molecule has 0 heterocycles. The van der Waals surface area contributed by atoms with E-state index in [2.05, 4.69) is 10.1 Å². The summed E-state index contributed by atoms with van der Waals surface area (Å²) in [6.45, 7) is 0.316. The molecule has 7 heteroatoms. The van der Waals surface area contributed by atoms with Gasteiger partial charge in [-0.15, -0.1) is 11.8 Å². The van der Waals surface area contributed by atoms with Gasteiger partial charge in [-0.1, -0.05) is 0 Å². The van der Waals surface area contributed by atoms with Crippen LogP contribution in [-0.2, 0) is 4.79 Å². The summed E-state index contributed by atoms with van der Waals surface area (Å²) in [4.78, 5) is 24.3. The van der Waals surface area contributed by atoms with Crippen molar-refractivity contribution in [2.75, 3.05) is 5.32 Å². The number of thioether (sulfide) groups is 1. The number of rotatable bonds is 7. The highest BCUT2D eigenvalue weighted by molar-refractivity contribution is 8.00. The second-order valence-corrected chi connectivity index (χ2v) is 6.65. The number of ketones is 1. The Labute approximate surface area is 148 Å². The molecule has 0 aromatic heterocycles. The van der Waals surface area contributed by atoms with Crippen LogP contribution in [0.15, 0.2) is 53.4 Å². The largest absolute Gasteiger partial charge is 0.435 e. The molecular weight excluding hydrogens is 348 g/mol. The van der Waals surface area contributed by atoms with Gasteiger partial charge in [0.1, 0.15) is 5.75 Å². The Morgan fingerprint density at radius 3 is 2.16 bits per heavy atom. The number of alkyl halides is 2. The lowest BCUT2D eigenvalue weighted by molar-refractivity contribution is -0.114. The van der Waals surface area contributed by atoms with Crippen LogP contribution in [0.2, 0.25) is 0 Å². The number of benzene rings is 2. The Hall–Kier alpha value is -2.41. The van der Waals surface area contributed by atoms with Gasteiger partial charge in [0.05, 0.1) is 5.25 Å². The third-order valence-corrected chi connectivity index (χ3v) is 4.33. The molecule has 0 aliphatic carbocycles. The maximum atomic E-state index is 12.4. The molecule has 25 heavy (non-hydrogen) atoms. The Kier molecular flexibility index (Phi) is 6.52. The van der Waals surface area contributed by atoms with Crippen molar-refractivity contribution >= 4 is 29.1 Å². The van der Waals surface area contributed by atoms with Crippen molar-refractivity contribution in [3.05, 3.63) is 54.1 Å². The van der Waals surface area contributed by atoms with Crippen LogP contribution < -0.4 is 10.1 Å². The van der Waals surface area contributed by atoms with Crippen molar-refractivity contribution in [1.82, 2.24) is 0 Å². The summed E-state index contributed by atoms with van der Waals surface area (Å²) in [5, 5.41) is 2.32. The number of Topliss-reactive ketones (excluding diaryl/α,β-unsaturated/α-hetero) is 1. The predicted molar refractivity (Wildman–Crippen MR) is 93.5 cm³/mol. The van der Waals surface area contributed by atoms with Gasteiger partial charge in [-0.2, -0.15) is 8.78 Å². The SMILES string of the molecule is CC(=O)Nc1ccc(S[C@@H](C)C(=O)c2ccc(OC(F)F)cc2)cc1. The zero-order valence-corrected chi connectivity index (χ0v) is 14.5. The number of carbonyl (C=O) groups excluding carboxylic acids is 2. The van der Waals surface area contributed by atoms with Crippen molar-refractivity contribution < 1.29 is 23.1 Å². The minimum Gasteiger partial charge on any atom is -0.435 e. The van der Waals surface area contributed by atoms with Crippen LogP contribution in [-0.4, -0.2) is 23.6 Å². The van der Waals surface area contributed by atoms with Crippen LogP contribution in [0.4, 0.5) is 14.5 Å². The first-order valence-corrected chi connectivity index (χ1v) is 8.36. The molecule has 1 N–H and O–H groups in total. The summed E-state index contributed by atoms with van der Waals surface area (Å²) in [6.07, 6.45) is 0. The molecule has 1 amide bonds. The Morgan fingerprint density at radius 2 is 1.64 bits per heavy atom. The Balaban J connectivity index is 1.98. The zero-order valence-electron chi connectivity index (χ0n) is 13.7. The van der Waals surface area contributed by atoms with Crippen LogP contribution in [0.25, 0.3) is 0 Å². The number of hydrogen-bond donors (Lipinski definition) is 1. The molecule has 1 atom stereocenters. The van der Waals surface area contributed by atoms with E-state index in [1.54, 1.807) is 19.1 Å². The van der Waals surface area contributed by atoms with Crippen LogP contribution in [0.1, 0.15) is 24.2 Å². The van der Waals surface area contributed by atoms with Gasteiger partial charge >= 0.3 is 6.61 Å². The van der Waals surface area contributed by atoms with E-state index in [1.807, 2.05) is 12.1 Å². The van der Waals surface area contributed by atoms with Gasteiger partial charge in [0.15, 0.2) is 5.78 Å². The molecule has 4 nitrogen and oxygen atoms in total. The van der Waals surface area contributed by atoms with Crippen molar-refractivity contribution in [3.63, 3.8) is 0 Å². The third-order valence-electron chi connectivity index (χ3n) is 3.22. The molecule has 0 radical (unpaired) electrons. The van der Waals surface area contributed by atoms with E-state index in [1.165, 1.54) is 43.0 Å². The average Bonchev–Trinajstić information content (AvgIpc) is 2.55. The second kappa shape index (κ2) is 8.62. The van der Waals surface area contributed by atoms with E-state index in [0.29, 0.717) is 11.3 Å². The molecule has 132 valence electrons. The van der Waals surface area contributed by atoms with Gasteiger partial charge in [0.25, 0.3) is 0 Å². The molecule has 2 rings (SSSR count). The molecule has 0 bridgehead atoms. The first kappa shape index (κ1) is 18.9. The van der Waals surface area contributed by atoms with E-state index >= 15 is 0 Å². The van der Waals surface area contributed by atoms with Crippen LogP contribution in [0.5, 0.6) is 5.75 Å². The van der Waals surface area contributed by atoms with Gasteiger partial charge < -0.3 is 10.1 Å². The third kappa shape index (κ3) is 5.86. The number of carbonyl (C=O) groups is 2. The highest BCUT2D eigenvalue weighted by atomic mass is 32.2. The van der Waals surface area contributed by atoms with Crippen molar-refractivity contribution in [3.8, 4) is 5.75 Å². The summed E-state index contributed by atoms with van der Waals surface area (Å²) in [5.41, 5.74) is 1.11. The van der Waals surface area contributed by atoms with Gasteiger partial charge in [0.2, 0.25) is 5.91 Å². The summed E-state index contributed by atoms with van der Waals surface area (Å²) in [7, 11) is 0. The molecule has 0 aliphatic rings. The van der Waals surface area contributed by atoms with Gasteiger partial charge in [0, 0.05) is 23.1 Å². The minimum absolute atomic E-state index is 0.0143. The van der Waals surface area contributed by atoms with E-state index in [4.69, 9.17) is 0 Å². The number of hydrogen-bond acceptors (Lipinski definition) is 4.